The Kier molecular flexibility index (Phi) is 5.32. The van der Waals surface area contributed by atoms with Gasteiger partial charge in [0, 0.05) is 0 Å². The van der Waals surface area contributed by atoms with Gasteiger partial charge in [0.05, 0.1) is 10.6 Å². The van der Waals surface area contributed by atoms with Crippen LogP contribution in [-0.2, 0) is 26.8 Å². The van der Waals surface area contributed by atoms with Crippen molar-refractivity contribution in [2.75, 3.05) is 4.31 Å². The minimum atomic E-state index is -4.97. The summed E-state index contributed by atoms with van der Waals surface area (Å²) < 4.78 is 79.6. The summed E-state index contributed by atoms with van der Waals surface area (Å²) in [5.41, 5.74) is -3.65. The Morgan fingerprint density at radius 1 is 1.13 bits per heavy atom. The molecule has 2 unspecified atom stereocenters. The van der Waals surface area contributed by atoms with E-state index in [-0.39, 0.29) is 29.0 Å². The zero-order valence-corrected chi connectivity index (χ0v) is 16.3. The fourth-order valence-electron chi connectivity index (χ4n) is 3.29. The van der Waals surface area contributed by atoms with Crippen molar-refractivity contribution in [2.45, 2.75) is 42.5 Å². The van der Waals surface area contributed by atoms with E-state index < -0.39 is 45.2 Å². The molecule has 0 saturated heterocycles. The monoisotopic (exact) mass is 447 g/mol. The number of hydrogen-bond donors (Lipinski definition) is 2. The molecule has 6 nitrogen and oxygen atoms in total. The molecule has 162 valence electrons. The van der Waals surface area contributed by atoms with Gasteiger partial charge in [0.1, 0.15) is 11.9 Å². The van der Waals surface area contributed by atoms with Crippen LogP contribution in [0.3, 0.4) is 0 Å². The highest BCUT2D eigenvalue weighted by molar-refractivity contribution is 7.93. The van der Waals surface area contributed by atoms with Gasteiger partial charge in [-0.25, -0.2) is 17.6 Å². The van der Waals surface area contributed by atoms with Gasteiger partial charge in [-0.2, -0.15) is 13.2 Å². The van der Waals surface area contributed by atoms with E-state index >= 15 is 0 Å². The molecule has 0 saturated carbocycles. The molecule has 1 aliphatic heterocycles. The minimum Gasteiger partial charge on any atom is -0.480 e. The maximum Gasteiger partial charge on any atom is 0.421 e. The molecule has 0 amide bonds. The van der Waals surface area contributed by atoms with Gasteiger partial charge in [-0.1, -0.05) is 12.1 Å². The summed E-state index contributed by atoms with van der Waals surface area (Å²) in [4.78, 5) is 11.3. The fraction of sp³-hybridized carbons (Fsp3) is 0.316. The third-order valence-corrected chi connectivity index (χ3v) is 6.89. The van der Waals surface area contributed by atoms with Crippen LogP contribution in [0, 0.1) is 5.82 Å². The third kappa shape index (κ3) is 3.63. The van der Waals surface area contributed by atoms with Gasteiger partial charge in [-0.3, -0.25) is 4.31 Å². The van der Waals surface area contributed by atoms with E-state index in [0.717, 1.165) is 42.5 Å². The number of aliphatic hydroxyl groups is 1. The van der Waals surface area contributed by atoms with Crippen LogP contribution in [0.25, 0.3) is 0 Å². The number of carbonyl (C=O) groups is 1. The predicted octanol–water partition coefficient (Wildman–Crippen LogP) is 3.19. The fourth-order valence-corrected chi connectivity index (χ4v) is 4.96. The number of rotatable bonds is 4. The highest BCUT2D eigenvalue weighted by atomic mass is 32.2. The van der Waals surface area contributed by atoms with E-state index in [1.807, 2.05) is 0 Å². The minimum absolute atomic E-state index is 0.0104. The number of benzene rings is 2. The van der Waals surface area contributed by atoms with Gasteiger partial charge < -0.3 is 10.2 Å². The summed E-state index contributed by atoms with van der Waals surface area (Å²) >= 11 is 0. The largest absolute Gasteiger partial charge is 0.480 e. The smallest absolute Gasteiger partial charge is 0.421 e. The van der Waals surface area contributed by atoms with Crippen molar-refractivity contribution >= 4 is 21.7 Å². The van der Waals surface area contributed by atoms with Gasteiger partial charge in [-0.15, -0.1) is 0 Å². The van der Waals surface area contributed by atoms with Crippen LogP contribution in [-0.4, -0.2) is 36.8 Å². The second-order valence-electron chi connectivity index (χ2n) is 7.06. The van der Waals surface area contributed by atoms with Crippen molar-refractivity contribution in [1.29, 1.82) is 0 Å². The molecule has 0 fully saturated rings. The van der Waals surface area contributed by atoms with Crippen molar-refractivity contribution in [3.05, 3.63) is 59.4 Å². The Morgan fingerprint density at radius 3 is 2.27 bits per heavy atom. The quantitative estimate of drug-likeness (QED) is 0.702. The summed E-state index contributed by atoms with van der Waals surface area (Å²) in [7, 11) is -4.46. The first kappa shape index (κ1) is 22.0. The van der Waals surface area contributed by atoms with Crippen molar-refractivity contribution < 1.29 is 41.0 Å². The maximum atomic E-state index is 13.2. The van der Waals surface area contributed by atoms with E-state index in [2.05, 4.69) is 0 Å². The molecule has 30 heavy (non-hydrogen) atoms. The Morgan fingerprint density at radius 2 is 1.73 bits per heavy atom. The summed E-state index contributed by atoms with van der Waals surface area (Å²) in [6, 6.07) is 5.22. The van der Waals surface area contributed by atoms with Gasteiger partial charge in [-0.05, 0) is 61.2 Å². The van der Waals surface area contributed by atoms with E-state index in [4.69, 9.17) is 0 Å². The number of halogens is 4. The average molecular weight is 447 g/mol. The lowest BCUT2D eigenvalue weighted by Gasteiger charge is -2.36. The molecular weight excluding hydrogens is 430 g/mol. The molecule has 1 aliphatic rings. The van der Waals surface area contributed by atoms with E-state index in [9.17, 15) is 41.0 Å². The first-order valence-corrected chi connectivity index (χ1v) is 10.2. The number of nitrogens with zero attached hydrogens (tertiary/aromatic N) is 1. The van der Waals surface area contributed by atoms with Crippen molar-refractivity contribution in [3.63, 3.8) is 0 Å². The number of fused-ring (bicyclic) bond motifs is 1. The second-order valence-corrected chi connectivity index (χ2v) is 8.88. The molecule has 2 aromatic rings. The molecular formula is C19H17F4NO5S. The molecule has 0 radical (unpaired) electrons. The van der Waals surface area contributed by atoms with Crippen molar-refractivity contribution in [2.24, 2.45) is 0 Å². The third-order valence-electron chi connectivity index (χ3n) is 5.06. The van der Waals surface area contributed by atoms with Crippen molar-refractivity contribution in [1.82, 2.24) is 0 Å². The molecule has 0 aromatic heterocycles. The number of anilines is 1. The Hall–Kier alpha value is -2.66. The van der Waals surface area contributed by atoms with Crippen LogP contribution >= 0.6 is 0 Å². The van der Waals surface area contributed by atoms with Crippen LogP contribution in [0.5, 0.6) is 0 Å². The maximum absolute atomic E-state index is 13.2. The second kappa shape index (κ2) is 7.24. The zero-order chi connectivity index (χ0) is 22.5. The molecule has 2 N–H and O–H groups in total. The molecule has 1 heterocycles. The summed E-state index contributed by atoms with van der Waals surface area (Å²) in [5.74, 6) is -2.13. The zero-order valence-electron chi connectivity index (χ0n) is 15.5. The van der Waals surface area contributed by atoms with Crippen LogP contribution < -0.4 is 4.31 Å². The highest BCUT2D eigenvalue weighted by Crippen LogP contribution is 2.42. The number of alkyl halides is 3. The average Bonchev–Trinajstić information content (AvgIpc) is 2.65. The molecule has 0 bridgehead atoms. The normalized spacial score (nSPS) is 19.1. The lowest BCUT2D eigenvalue weighted by molar-refractivity contribution is -0.258. The number of carboxylic acids is 1. The van der Waals surface area contributed by atoms with Crippen LogP contribution in [0.15, 0.2) is 47.4 Å². The number of aliphatic carboxylic acids is 1. The van der Waals surface area contributed by atoms with Crippen LogP contribution in [0.4, 0.5) is 23.2 Å². The summed E-state index contributed by atoms with van der Waals surface area (Å²) in [5, 5.41) is 19.4. The Labute approximate surface area is 169 Å². The van der Waals surface area contributed by atoms with E-state index in [1.165, 1.54) is 0 Å². The topological polar surface area (TPSA) is 94.9 Å². The summed E-state index contributed by atoms with van der Waals surface area (Å²) in [6.07, 6.45) is -5.18. The molecule has 11 heteroatoms. The molecule has 2 atom stereocenters. The molecule has 0 spiro atoms. The first-order chi connectivity index (χ1) is 13.8. The predicted molar refractivity (Wildman–Crippen MR) is 97.9 cm³/mol. The first-order valence-electron chi connectivity index (χ1n) is 8.72. The van der Waals surface area contributed by atoms with Crippen molar-refractivity contribution in [3.8, 4) is 0 Å². The van der Waals surface area contributed by atoms with Crippen LogP contribution in [0.2, 0.25) is 0 Å². The van der Waals surface area contributed by atoms with Gasteiger partial charge >= 0.3 is 12.1 Å². The summed E-state index contributed by atoms with van der Waals surface area (Å²) in [6.45, 7) is 0.574. The molecule has 3 rings (SSSR count). The number of sulfonamides is 1. The van der Waals surface area contributed by atoms with E-state index in [1.54, 1.807) is 0 Å². The molecule has 2 aromatic carbocycles. The SMILES string of the molecule is CC(O)(c1ccc2c(c1)CCC(C(=O)O)N2S(=O)(=O)c1ccc(F)cc1)C(F)(F)F. The van der Waals surface area contributed by atoms with Gasteiger partial charge in [0.2, 0.25) is 0 Å². The van der Waals surface area contributed by atoms with Gasteiger partial charge in [0.25, 0.3) is 10.0 Å². The van der Waals surface area contributed by atoms with Gasteiger partial charge in [0.15, 0.2) is 5.60 Å². The number of hydrogen-bond acceptors (Lipinski definition) is 4. The Balaban J connectivity index is 2.16. The van der Waals surface area contributed by atoms with Crippen LogP contribution in [0.1, 0.15) is 24.5 Å². The standard InChI is InChI=1S/C19H17F4NO5S/c1-18(27,19(21,22)23)12-3-9-15-11(10-12)2-8-16(17(25)26)24(15)30(28,29)14-6-4-13(20)5-7-14/h3-7,9-10,16,27H,2,8H2,1H3,(H,25,26). The lowest BCUT2D eigenvalue weighted by atomic mass is 9.89. The lowest BCUT2D eigenvalue weighted by Crippen LogP contribution is -2.48. The highest BCUT2D eigenvalue weighted by Gasteiger charge is 2.51. The number of aryl methyl sites for hydroxylation is 1. The molecule has 0 aliphatic carbocycles. The van der Waals surface area contributed by atoms with E-state index in [0.29, 0.717) is 11.2 Å². The number of carboxylic acid groups (broad SMARTS) is 1. The Bertz CT molecular complexity index is 1080.